The van der Waals surface area contributed by atoms with Crippen LogP contribution < -0.4 is 5.32 Å². The third-order valence-electron chi connectivity index (χ3n) is 2.16. The van der Waals surface area contributed by atoms with E-state index in [0.717, 1.165) is 0 Å². The van der Waals surface area contributed by atoms with Crippen LogP contribution in [-0.4, -0.2) is 31.3 Å². The maximum absolute atomic E-state index is 11.5. The van der Waals surface area contributed by atoms with E-state index < -0.39 is 12.1 Å². The van der Waals surface area contributed by atoms with Gasteiger partial charge in [-0.15, -0.1) is 0 Å². The molecule has 1 aromatic rings. The van der Waals surface area contributed by atoms with Gasteiger partial charge in [-0.25, -0.2) is 9.59 Å². The Morgan fingerprint density at radius 1 is 1.44 bits per heavy atom. The van der Waals surface area contributed by atoms with Gasteiger partial charge in [0.05, 0.1) is 5.56 Å². The molecule has 1 saturated heterocycles. The van der Waals surface area contributed by atoms with Gasteiger partial charge in [0.2, 0.25) is 0 Å². The van der Waals surface area contributed by atoms with Gasteiger partial charge in [0.25, 0.3) is 0 Å². The van der Waals surface area contributed by atoms with Gasteiger partial charge < -0.3 is 14.8 Å². The van der Waals surface area contributed by atoms with Crippen LogP contribution in [0, 0.1) is 0 Å². The summed E-state index contributed by atoms with van der Waals surface area (Å²) in [6.07, 6.45) is -0.472. The van der Waals surface area contributed by atoms with Crippen molar-refractivity contribution in [1.29, 1.82) is 0 Å². The third-order valence-corrected chi connectivity index (χ3v) is 2.16. The molecular formula is C11H11NO4. The Bertz CT molecular complexity index is 390. The van der Waals surface area contributed by atoms with Gasteiger partial charge in [-0.05, 0) is 12.1 Å². The summed E-state index contributed by atoms with van der Waals surface area (Å²) in [6.45, 7) is 0.361. The number of esters is 1. The molecule has 0 aromatic heterocycles. The molecule has 1 atom stereocenters. The molecule has 0 radical (unpaired) electrons. The maximum atomic E-state index is 11.5. The predicted molar refractivity (Wildman–Crippen MR) is 55.0 cm³/mol. The quantitative estimate of drug-likeness (QED) is 0.772. The number of nitrogens with one attached hydrogen (secondary N) is 1. The van der Waals surface area contributed by atoms with Crippen molar-refractivity contribution >= 4 is 12.1 Å². The number of hydrogen-bond donors (Lipinski definition) is 1. The molecule has 1 heterocycles. The van der Waals surface area contributed by atoms with E-state index in [1.165, 1.54) is 0 Å². The fraction of sp³-hybridized carbons (Fsp3) is 0.273. The molecule has 1 aromatic carbocycles. The van der Waals surface area contributed by atoms with E-state index in [9.17, 15) is 9.59 Å². The van der Waals surface area contributed by atoms with Crippen LogP contribution in [0.25, 0.3) is 0 Å². The lowest BCUT2D eigenvalue weighted by Gasteiger charge is -2.08. The molecule has 0 saturated carbocycles. The van der Waals surface area contributed by atoms with Crippen molar-refractivity contribution < 1.29 is 19.1 Å². The zero-order chi connectivity index (χ0) is 11.4. The summed E-state index contributed by atoms with van der Waals surface area (Å²) >= 11 is 0. The molecule has 1 N–H and O–H groups in total. The first-order chi connectivity index (χ1) is 7.75. The topological polar surface area (TPSA) is 64.6 Å². The average Bonchev–Trinajstić information content (AvgIpc) is 2.73. The fourth-order valence-electron chi connectivity index (χ4n) is 1.35. The fourth-order valence-corrected chi connectivity index (χ4v) is 1.35. The van der Waals surface area contributed by atoms with Gasteiger partial charge in [-0.1, -0.05) is 18.2 Å². The molecule has 1 unspecified atom stereocenters. The number of carbonyl (C=O) groups is 2. The Morgan fingerprint density at radius 3 is 2.81 bits per heavy atom. The highest BCUT2D eigenvalue weighted by Crippen LogP contribution is 2.03. The Hall–Kier alpha value is -2.04. The van der Waals surface area contributed by atoms with E-state index >= 15 is 0 Å². The molecule has 0 spiro atoms. The lowest BCUT2D eigenvalue weighted by molar-refractivity contribution is 0.0468. The Balaban J connectivity index is 1.82. The molecule has 5 nitrogen and oxygen atoms in total. The van der Waals surface area contributed by atoms with Gasteiger partial charge in [0.1, 0.15) is 19.3 Å². The molecule has 0 aliphatic carbocycles. The van der Waals surface area contributed by atoms with Crippen molar-refractivity contribution in [2.75, 3.05) is 13.2 Å². The monoisotopic (exact) mass is 221 g/mol. The summed E-state index contributed by atoms with van der Waals surface area (Å²) in [5.41, 5.74) is 0.493. The van der Waals surface area contributed by atoms with Crippen LogP contribution in [0.2, 0.25) is 0 Å². The highest BCUT2D eigenvalue weighted by molar-refractivity contribution is 5.89. The van der Waals surface area contributed by atoms with E-state index in [1.807, 2.05) is 6.07 Å². The number of carbonyl (C=O) groups excluding carboxylic acids is 2. The Labute approximate surface area is 92.4 Å². The first-order valence-electron chi connectivity index (χ1n) is 4.91. The molecule has 16 heavy (non-hydrogen) atoms. The van der Waals surface area contributed by atoms with Crippen molar-refractivity contribution in [1.82, 2.24) is 5.32 Å². The number of ether oxygens (including phenoxy) is 2. The molecule has 84 valence electrons. The summed E-state index contributed by atoms with van der Waals surface area (Å²) in [5.74, 6) is -0.401. The minimum absolute atomic E-state index is 0.124. The van der Waals surface area contributed by atoms with Crippen LogP contribution in [0.3, 0.4) is 0 Å². The van der Waals surface area contributed by atoms with E-state index in [4.69, 9.17) is 4.74 Å². The number of alkyl carbamates (subject to hydrolysis) is 1. The molecule has 1 fully saturated rings. The van der Waals surface area contributed by atoms with Crippen molar-refractivity contribution in [3.8, 4) is 0 Å². The highest BCUT2D eigenvalue weighted by Gasteiger charge is 2.23. The second-order valence-corrected chi connectivity index (χ2v) is 3.40. The second kappa shape index (κ2) is 4.65. The molecule has 0 bridgehead atoms. The minimum Gasteiger partial charge on any atom is -0.460 e. The minimum atomic E-state index is -0.472. The predicted octanol–water partition coefficient (Wildman–Crippen LogP) is 0.952. The van der Waals surface area contributed by atoms with Crippen LogP contribution in [0.15, 0.2) is 30.3 Å². The van der Waals surface area contributed by atoms with Crippen LogP contribution >= 0.6 is 0 Å². The summed E-state index contributed by atoms with van der Waals surface area (Å²) in [5, 5.41) is 2.52. The van der Waals surface area contributed by atoms with Crippen molar-refractivity contribution in [3.63, 3.8) is 0 Å². The number of hydrogen-bond acceptors (Lipinski definition) is 4. The average molecular weight is 221 g/mol. The van der Waals surface area contributed by atoms with E-state index in [2.05, 4.69) is 10.1 Å². The highest BCUT2D eigenvalue weighted by atomic mass is 16.6. The van der Waals surface area contributed by atoms with Crippen molar-refractivity contribution in [2.24, 2.45) is 0 Å². The first-order valence-corrected chi connectivity index (χ1v) is 4.91. The normalized spacial score (nSPS) is 18.8. The zero-order valence-electron chi connectivity index (χ0n) is 8.51. The van der Waals surface area contributed by atoms with Gasteiger partial charge in [-0.3, -0.25) is 0 Å². The number of amides is 1. The van der Waals surface area contributed by atoms with E-state index in [1.54, 1.807) is 24.3 Å². The number of cyclic esters (lactones) is 1. The van der Waals surface area contributed by atoms with Crippen molar-refractivity contribution in [2.45, 2.75) is 6.04 Å². The van der Waals surface area contributed by atoms with Gasteiger partial charge in [-0.2, -0.15) is 0 Å². The zero-order valence-corrected chi connectivity index (χ0v) is 8.51. The van der Waals surface area contributed by atoms with Crippen LogP contribution in [-0.2, 0) is 9.47 Å². The van der Waals surface area contributed by atoms with Gasteiger partial charge in [0.15, 0.2) is 0 Å². The molecule has 1 amide bonds. The molecule has 5 heteroatoms. The summed E-state index contributed by atoms with van der Waals surface area (Å²) in [4.78, 5) is 22.2. The Kier molecular flexibility index (Phi) is 3.05. The van der Waals surface area contributed by atoms with E-state index in [0.29, 0.717) is 5.56 Å². The lowest BCUT2D eigenvalue weighted by atomic mass is 10.2. The van der Waals surface area contributed by atoms with Crippen molar-refractivity contribution in [3.05, 3.63) is 35.9 Å². The lowest BCUT2D eigenvalue weighted by Crippen LogP contribution is -2.31. The first kappa shape index (κ1) is 10.5. The van der Waals surface area contributed by atoms with Gasteiger partial charge in [0, 0.05) is 0 Å². The molecule has 1 aliphatic heterocycles. The largest absolute Gasteiger partial charge is 0.460 e. The maximum Gasteiger partial charge on any atom is 0.407 e. The Morgan fingerprint density at radius 2 is 2.19 bits per heavy atom. The van der Waals surface area contributed by atoms with Crippen LogP contribution in [0.5, 0.6) is 0 Å². The molecule has 1 aliphatic rings. The second-order valence-electron chi connectivity index (χ2n) is 3.40. The summed E-state index contributed by atoms with van der Waals surface area (Å²) < 4.78 is 9.69. The SMILES string of the molecule is O=C1NC(COC(=O)c2ccccc2)CO1. The smallest absolute Gasteiger partial charge is 0.407 e. The summed E-state index contributed by atoms with van der Waals surface area (Å²) in [6, 6.07) is 8.44. The summed E-state index contributed by atoms with van der Waals surface area (Å²) in [7, 11) is 0. The number of rotatable bonds is 3. The van der Waals surface area contributed by atoms with E-state index in [-0.39, 0.29) is 19.3 Å². The number of benzene rings is 1. The van der Waals surface area contributed by atoms with Crippen LogP contribution in [0.1, 0.15) is 10.4 Å². The third kappa shape index (κ3) is 2.50. The molecule has 2 rings (SSSR count). The standard InChI is InChI=1S/C11H11NO4/c13-10(8-4-2-1-3-5-8)15-6-9-7-16-11(14)12-9/h1-5,9H,6-7H2,(H,12,14). The van der Waals surface area contributed by atoms with Gasteiger partial charge >= 0.3 is 12.1 Å². The molecular weight excluding hydrogens is 210 g/mol. The van der Waals surface area contributed by atoms with Crippen LogP contribution in [0.4, 0.5) is 4.79 Å².